The lowest BCUT2D eigenvalue weighted by Crippen LogP contribution is -2.56. The summed E-state index contributed by atoms with van der Waals surface area (Å²) < 4.78 is 16.2. The van der Waals surface area contributed by atoms with E-state index >= 15 is 0 Å². The molecule has 5 rings (SSSR count). The number of methoxy groups -OCH3 is 2. The van der Waals surface area contributed by atoms with Gasteiger partial charge in [-0.2, -0.15) is 0 Å². The van der Waals surface area contributed by atoms with Crippen molar-refractivity contribution in [1.82, 2.24) is 0 Å². The number of benzene rings is 1. The van der Waals surface area contributed by atoms with Gasteiger partial charge in [-0.15, -0.1) is 11.6 Å². The van der Waals surface area contributed by atoms with Crippen molar-refractivity contribution >= 4 is 23.4 Å². The second-order valence-corrected chi connectivity index (χ2v) is 9.67. The van der Waals surface area contributed by atoms with Gasteiger partial charge >= 0.3 is 5.97 Å². The Balaban J connectivity index is 1.50. The summed E-state index contributed by atoms with van der Waals surface area (Å²) in [5.41, 5.74) is -0.146. The molecule has 0 N–H and O–H groups in total. The zero-order chi connectivity index (χ0) is 20.1. The highest BCUT2D eigenvalue weighted by Crippen LogP contribution is 2.64. The second kappa shape index (κ2) is 6.94. The molecule has 1 aromatic carbocycles. The summed E-state index contributed by atoms with van der Waals surface area (Å²) in [6.45, 7) is 1.63. The van der Waals surface area contributed by atoms with Crippen molar-refractivity contribution in [3.8, 4) is 11.5 Å². The molecule has 4 aliphatic rings. The molecule has 0 aromatic heterocycles. The van der Waals surface area contributed by atoms with Gasteiger partial charge in [0.25, 0.3) is 0 Å². The van der Waals surface area contributed by atoms with Crippen LogP contribution in [0.5, 0.6) is 11.5 Å². The average Bonchev–Trinajstić information content (AvgIpc) is 2.64. The number of halogens is 1. The first-order valence-corrected chi connectivity index (χ1v) is 10.3. The molecule has 0 spiro atoms. The van der Waals surface area contributed by atoms with Crippen LogP contribution < -0.4 is 9.47 Å². The van der Waals surface area contributed by atoms with E-state index in [4.69, 9.17) is 25.8 Å². The third-order valence-electron chi connectivity index (χ3n) is 6.75. The minimum Gasteiger partial charge on any atom is -0.497 e. The fraction of sp³-hybridized carbons (Fsp3) is 0.636. The molecule has 0 saturated heterocycles. The summed E-state index contributed by atoms with van der Waals surface area (Å²) >= 11 is 6.82. The Bertz CT molecular complexity index is 790. The van der Waals surface area contributed by atoms with Gasteiger partial charge in [0, 0.05) is 10.9 Å². The molecule has 0 aliphatic heterocycles. The van der Waals surface area contributed by atoms with Gasteiger partial charge in [0.2, 0.25) is 5.78 Å². The lowest BCUT2D eigenvalue weighted by molar-refractivity contribution is -0.172. The lowest BCUT2D eigenvalue weighted by Gasteiger charge is -2.58. The fourth-order valence-corrected chi connectivity index (χ4v) is 6.64. The molecule has 4 aliphatic carbocycles. The minimum atomic E-state index is -0.880. The lowest BCUT2D eigenvalue weighted by atomic mass is 9.49. The van der Waals surface area contributed by atoms with E-state index in [1.807, 2.05) is 0 Å². The number of carbonyl (C=O) groups is 2. The van der Waals surface area contributed by atoms with Gasteiger partial charge in [0.1, 0.15) is 11.5 Å². The van der Waals surface area contributed by atoms with Crippen LogP contribution in [-0.4, -0.2) is 37.0 Å². The molecule has 4 saturated carbocycles. The summed E-state index contributed by atoms with van der Waals surface area (Å²) in [5.74, 6) is 1.46. The second-order valence-electron chi connectivity index (χ2n) is 8.87. The van der Waals surface area contributed by atoms with Crippen molar-refractivity contribution in [3.63, 3.8) is 0 Å². The van der Waals surface area contributed by atoms with Crippen LogP contribution in [0.2, 0.25) is 0 Å². The molecule has 4 bridgehead atoms. The van der Waals surface area contributed by atoms with Crippen molar-refractivity contribution in [1.29, 1.82) is 0 Å². The van der Waals surface area contributed by atoms with Gasteiger partial charge in [-0.25, -0.2) is 0 Å². The van der Waals surface area contributed by atoms with Crippen molar-refractivity contribution < 1.29 is 23.8 Å². The van der Waals surface area contributed by atoms with Crippen LogP contribution in [-0.2, 0) is 9.53 Å². The molecule has 0 amide bonds. The summed E-state index contributed by atoms with van der Waals surface area (Å²) in [6.07, 6.45) is 4.62. The topological polar surface area (TPSA) is 61.8 Å². The summed E-state index contributed by atoms with van der Waals surface area (Å²) in [4.78, 5) is 25.8. The molecule has 152 valence electrons. The molecule has 0 heterocycles. The number of carbonyl (C=O) groups excluding carboxylic acids is 2. The summed E-state index contributed by atoms with van der Waals surface area (Å²) in [5, 5.41) is 0. The van der Waals surface area contributed by atoms with Gasteiger partial charge in [0.05, 0.1) is 25.2 Å². The Hall–Kier alpha value is -1.75. The zero-order valence-corrected chi connectivity index (χ0v) is 17.4. The van der Waals surface area contributed by atoms with Crippen molar-refractivity contribution in [2.45, 2.75) is 56.4 Å². The van der Waals surface area contributed by atoms with Crippen LogP contribution in [0.15, 0.2) is 18.2 Å². The highest BCUT2D eigenvalue weighted by atomic mass is 35.5. The molecule has 5 nitrogen and oxygen atoms in total. The van der Waals surface area contributed by atoms with Gasteiger partial charge < -0.3 is 14.2 Å². The number of rotatable bonds is 6. The number of Topliss-reactive ketones (excluding diaryl/α,β-unsaturated/α-hetero) is 1. The van der Waals surface area contributed by atoms with Crippen LogP contribution in [0.3, 0.4) is 0 Å². The Morgan fingerprint density at radius 3 is 2.36 bits per heavy atom. The molecule has 0 radical (unpaired) electrons. The predicted octanol–water partition coefficient (Wildman–Crippen LogP) is 4.40. The minimum absolute atomic E-state index is 0.264. The predicted molar refractivity (Wildman–Crippen MR) is 105 cm³/mol. The monoisotopic (exact) mass is 406 g/mol. The number of ketones is 1. The zero-order valence-electron chi connectivity index (χ0n) is 16.6. The average molecular weight is 407 g/mol. The Morgan fingerprint density at radius 2 is 1.79 bits per heavy atom. The number of esters is 1. The number of hydrogen-bond acceptors (Lipinski definition) is 5. The van der Waals surface area contributed by atoms with E-state index in [0.717, 1.165) is 25.7 Å². The maximum absolute atomic E-state index is 13.2. The first-order chi connectivity index (χ1) is 13.3. The maximum atomic E-state index is 13.2. The van der Waals surface area contributed by atoms with Gasteiger partial charge in [0.15, 0.2) is 6.10 Å². The van der Waals surface area contributed by atoms with Crippen LogP contribution in [0.25, 0.3) is 0 Å². The molecule has 1 aromatic rings. The molecule has 28 heavy (non-hydrogen) atoms. The Kier molecular flexibility index (Phi) is 4.85. The van der Waals surface area contributed by atoms with Crippen LogP contribution in [0.1, 0.15) is 55.8 Å². The normalized spacial score (nSPS) is 34.0. The number of ether oxygens (including phenoxy) is 3. The van der Waals surface area contributed by atoms with E-state index in [0.29, 0.717) is 35.3 Å². The highest BCUT2D eigenvalue weighted by molar-refractivity contribution is 6.24. The first-order valence-electron chi connectivity index (χ1n) is 9.94. The van der Waals surface area contributed by atoms with E-state index in [-0.39, 0.29) is 16.6 Å². The van der Waals surface area contributed by atoms with E-state index in [2.05, 4.69) is 0 Å². The Labute approximate surface area is 170 Å². The third-order valence-corrected chi connectivity index (χ3v) is 7.19. The van der Waals surface area contributed by atoms with Crippen molar-refractivity contribution in [2.24, 2.45) is 17.3 Å². The summed E-state index contributed by atoms with van der Waals surface area (Å²) in [6, 6.07) is 4.99. The molecular formula is C22H27ClO5. The van der Waals surface area contributed by atoms with E-state index < -0.39 is 11.5 Å². The van der Waals surface area contributed by atoms with Gasteiger partial charge in [-0.1, -0.05) is 0 Å². The largest absolute Gasteiger partial charge is 0.497 e. The Morgan fingerprint density at radius 1 is 1.11 bits per heavy atom. The molecule has 3 atom stereocenters. The number of hydrogen-bond donors (Lipinski definition) is 0. The first kappa shape index (κ1) is 19.6. The van der Waals surface area contributed by atoms with E-state index in [1.54, 1.807) is 32.2 Å². The molecule has 0 unspecified atom stereocenters. The quantitative estimate of drug-likeness (QED) is 0.398. The van der Waals surface area contributed by atoms with Crippen LogP contribution >= 0.6 is 11.6 Å². The molecular weight excluding hydrogens is 380 g/mol. The SMILES string of the molecule is COc1ccc(C(=O)[C@@H](C)OC(=O)C23C[C@H]4C[C@@H](CC(Cl)(C4)C2)C3)c(OC)c1. The fourth-order valence-electron chi connectivity index (χ4n) is 5.95. The van der Waals surface area contributed by atoms with Gasteiger partial charge in [-0.05, 0) is 69.4 Å². The van der Waals surface area contributed by atoms with Crippen molar-refractivity contribution in [2.75, 3.05) is 14.2 Å². The standard InChI is InChI=1S/C22H27ClO5/c1-13(19(24)17-5-4-16(26-2)7-18(17)27-3)28-20(25)21-8-14-6-15(9-21)11-22(23,10-14)12-21/h4-5,7,13-15H,6,8-12H2,1-3H3/t13-,14-,15-,21?,22?/m1/s1. The van der Waals surface area contributed by atoms with Gasteiger partial charge in [-0.3, -0.25) is 9.59 Å². The van der Waals surface area contributed by atoms with Crippen molar-refractivity contribution in [3.05, 3.63) is 23.8 Å². The smallest absolute Gasteiger partial charge is 0.312 e. The van der Waals surface area contributed by atoms with E-state index in [9.17, 15) is 9.59 Å². The highest BCUT2D eigenvalue weighted by Gasteiger charge is 2.61. The summed E-state index contributed by atoms with van der Waals surface area (Å²) in [7, 11) is 3.05. The van der Waals surface area contributed by atoms with E-state index in [1.165, 1.54) is 13.5 Å². The molecule has 6 heteroatoms. The third kappa shape index (κ3) is 3.28. The van der Waals surface area contributed by atoms with Crippen LogP contribution in [0, 0.1) is 17.3 Å². The number of alkyl halides is 1. The maximum Gasteiger partial charge on any atom is 0.312 e. The molecule has 4 fully saturated rings. The van der Waals surface area contributed by atoms with Crippen LogP contribution in [0.4, 0.5) is 0 Å².